The van der Waals surface area contributed by atoms with Crippen LogP contribution >= 0.6 is 0 Å². The molecule has 0 unspecified atom stereocenters. The maximum atomic E-state index is 12.2. The van der Waals surface area contributed by atoms with Gasteiger partial charge in [0.2, 0.25) is 5.82 Å². The fourth-order valence-electron chi connectivity index (χ4n) is 1.10. The van der Waals surface area contributed by atoms with E-state index in [-0.39, 0.29) is 5.92 Å². The molecule has 0 N–H and O–H groups in total. The van der Waals surface area contributed by atoms with Crippen LogP contribution in [0.25, 0.3) is 0 Å². The fraction of sp³-hybridized carbons (Fsp3) is 0.600. The molecule has 0 fully saturated rings. The summed E-state index contributed by atoms with van der Waals surface area (Å²) >= 11 is 0. The van der Waals surface area contributed by atoms with Crippen molar-refractivity contribution in [1.29, 1.82) is 0 Å². The van der Waals surface area contributed by atoms with Crippen LogP contribution in [0.3, 0.4) is 0 Å². The second-order valence-corrected chi connectivity index (χ2v) is 3.87. The van der Waals surface area contributed by atoms with Gasteiger partial charge in [0, 0.05) is 12.4 Å². The Kier molecular flexibility index (Phi) is 3.31. The van der Waals surface area contributed by atoms with Crippen LogP contribution in [0.2, 0.25) is 0 Å². The zero-order valence-corrected chi connectivity index (χ0v) is 8.84. The second kappa shape index (κ2) is 4.16. The lowest BCUT2D eigenvalue weighted by Gasteiger charge is -2.15. The van der Waals surface area contributed by atoms with Crippen LogP contribution in [0.5, 0.6) is 0 Å². The van der Waals surface area contributed by atoms with Gasteiger partial charge < -0.3 is 0 Å². The lowest BCUT2D eigenvalue weighted by Crippen LogP contribution is -2.12. The molecule has 1 rings (SSSR count). The Morgan fingerprint density at radius 2 is 1.53 bits per heavy atom. The largest absolute Gasteiger partial charge is 0.451 e. The molecule has 84 valence electrons. The van der Waals surface area contributed by atoms with Crippen LogP contribution in [0.4, 0.5) is 13.2 Å². The molecule has 0 amide bonds. The standard InChI is InChI=1S/C10H13F3N2/c1-6(2)7(3)8-4-14-9(15-5-8)10(11,12)13/h4-7H,1-3H3/t7-/m1/s1. The number of halogens is 3. The molecule has 0 aliphatic carbocycles. The summed E-state index contributed by atoms with van der Waals surface area (Å²) in [6.07, 6.45) is -1.96. The molecule has 1 atom stereocenters. The summed E-state index contributed by atoms with van der Waals surface area (Å²) in [5.74, 6) is -0.570. The highest BCUT2D eigenvalue weighted by Gasteiger charge is 2.34. The van der Waals surface area contributed by atoms with Crippen LogP contribution in [0.15, 0.2) is 12.4 Å². The number of aromatic nitrogens is 2. The van der Waals surface area contributed by atoms with Gasteiger partial charge in [0.1, 0.15) is 0 Å². The Morgan fingerprint density at radius 1 is 1.07 bits per heavy atom. The third-order valence-corrected chi connectivity index (χ3v) is 2.45. The lowest BCUT2D eigenvalue weighted by atomic mass is 9.92. The summed E-state index contributed by atoms with van der Waals surface area (Å²) in [4.78, 5) is 6.63. The quantitative estimate of drug-likeness (QED) is 0.761. The third-order valence-electron chi connectivity index (χ3n) is 2.45. The van der Waals surface area contributed by atoms with Gasteiger partial charge in [-0.15, -0.1) is 0 Å². The van der Waals surface area contributed by atoms with E-state index in [4.69, 9.17) is 0 Å². The van der Waals surface area contributed by atoms with E-state index in [1.54, 1.807) is 0 Å². The predicted octanol–water partition coefficient (Wildman–Crippen LogP) is 3.25. The van der Waals surface area contributed by atoms with Crippen LogP contribution in [-0.2, 0) is 6.18 Å². The van der Waals surface area contributed by atoms with Crippen molar-refractivity contribution in [3.05, 3.63) is 23.8 Å². The molecule has 1 aromatic heterocycles. The minimum absolute atomic E-state index is 0.160. The summed E-state index contributed by atoms with van der Waals surface area (Å²) in [7, 11) is 0. The SMILES string of the molecule is CC(C)[C@@H](C)c1cnc(C(F)(F)F)nc1. The van der Waals surface area contributed by atoms with Crippen molar-refractivity contribution in [2.75, 3.05) is 0 Å². The third kappa shape index (κ3) is 2.91. The predicted molar refractivity (Wildman–Crippen MR) is 50.3 cm³/mol. The monoisotopic (exact) mass is 218 g/mol. The molecule has 0 aliphatic rings. The molecular formula is C10H13F3N2. The number of hydrogen-bond acceptors (Lipinski definition) is 2. The zero-order valence-electron chi connectivity index (χ0n) is 8.84. The molecule has 0 radical (unpaired) electrons. The van der Waals surface area contributed by atoms with E-state index in [9.17, 15) is 13.2 Å². The first-order valence-electron chi connectivity index (χ1n) is 4.71. The summed E-state index contributed by atoms with van der Waals surface area (Å²) < 4.78 is 36.5. The van der Waals surface area contributed by atoms with E-state index in [1.165, 1.54) is 12.4 Å². The Balaban J connectivity index is 2.91. The van der Waals surface area contributed by atoms with Crippen molar-refractivity contribution in [3.63, 3.8) is 0 Å². The van der Waals surface area contributed by atoms with Gasteiger partial charge in [0.25, 0.3) is 0 Å². The molecule has 15 heavy (non-hydrogen) atoms. The van der Waals surface area contributed by atoms with Crippen molar-refractivity contribution in [1.82, 2.24) is 9.97 Å². The van der Waals surface area contributed by atoms with Crippen LogP contribution in [0.1, 0.15) is 38.1 Å². The lowest BCUT2D eigenvalue weighted by molar-refractivity contribution is -0.145. The highest BCUT2D eigenvalue weighted by Crippen LogP contribution is 2.27. The summed E-state index contributed by atoms with van der Waals surface area (Å²) in [6, 6.07) is 0. The van der Waals surface area contributed by atoms with E-state index in [1.807, 2.05) is 20.8 Å². The van der Waals surface area contributed by atoms with Crippen molar-refractivity contribution in [3.8, 4) is 0 Å². The Labute approximate surface area is 86.6 Å². The van der Waals surface area contributed by atoms with Gasteiger partial charge >= 0.3 is 6.18 Å². The number of alkyl halides is 3. The highest BCUT2D eigenvalue weighted by molar-refractivity contribution is 5.12. The average Bonchev–Trinajstić information content (AvgIpc) is 2.15. The molecular weight excluding hydrogens is 205 g/mol. The van der Waals surface area contributed by atoms with Crippen LogP contribution in [0, 0.1) is 5.92 Å². The van der Waals surface area contributed by atoms with Gasteiger partial charge in [-0.25, -0.2) is 9.97 Å². The van der Waals surface area contributed by atoms with E-state index in [0.717, 1.165) is 5.56 Å². The first kappa shape index (κ1) is 11.9. The second-order valence-electron chi connectivity index (χ2n) is 3.87. The maximum Gasteiger partial charge on any atom is 0.451 e. The average molecular weight is 218 g/mol. The van der Waals surface area contributed by atoms with Gasteiger partial charge in [-0.2, -0.15) is 13.2 Å². The summed E-state index contributed by atoms with van der Waals surface area (Å²) in [5.41, 5.74) is 0.734. The van der Waals surface area contributed by atoms with Crippen LogP contribution in [-0.4, -0.2) is 9.97 Å². The molecule has 0 aromatic carbocycles. The van der Waals surface area contributed by atoms with Gasteiger partial charge in [-0.05, 0) is 17.4 Å². The molecule has 5 heteroatoms. The minimum Gasteiger partial charge on any atom is -0.233 e. The Hall–Kier alpha value is -1.13. The van der Waals surface area contributed by atoms with E-state index < -0.39 is 12.0 Å². The van der Waals surface area contributed by atoms with E-state index in [2.05, 4.69) is 9.97 Å². The number of hydrogen-bond donors (Lipinski definition) is 0. The summed E-state index contributed by atoms with van der Waals surface area (Å²) in [6.45, 7) is 5.95. The fourth-order valence-corrected chi connectivity index (χ4v) is 1.10. The van der Waals surface area contributed by atoms with E-state index in [0.29, 0.717) is 5.92 Å². The first-order chi connectivity index (χ1) is 6.82. The molecule has 1 aromatic rings. The minimum atomic E-state index is -4.46. The Morgan fingerprint density at radius 3 is 1.87 bits per heavy atom. The van der Waals surface area contributed by atoms with Gasteiger partial charge in [0.05, 0.1) is 0 Å². The first-order valence-corrected chi connectivity index (χ1v) is 4.71. The van der Waals surface area contributed by atoms with Gasteiger partial charge in [-0.3, -0.25) is 0 Å². The molecule has 0 saturated heterocycles. The molecule has 1 heterocycles. The van der Waals surface area contributed by atoms with Crippen LogP contribution < -0.4 is 0 Å². The maximum absolute atomic E-state index is 12.2. The Bertz CT molecular complexity index is 316. The smallest absolute Gasteiger partial charge is 0.233 e. The van der Waals surface area contributed by atoms with Crippen molar-refractivity contribution in [2.24, 2.45) is 5.92 Å². The zero-order chi connectivity index (χ0) is 11.6. The number of nitrogens with zero attached hydrogens (tertiary/aromatic N) is 2. The molecule has 2 nitrogen and oxygen atoms in total. The van der Waals surface area contributed by atoms with Gasteiger partial charge in [0.15, 0.2) is 0 Å². The topological polar surface area (TPSA) is 25.8 Å². The van der Waals surface area contributed by atoms with E-state index >= 15 is 0 Å². The van der Waals surface area contributed by atoms with Crippen molar-refractivity contribution < 1.29 is 13.2 Å². The van der Waals surface area contributed by atoms with Gasteiger partial charge in [-0.1, -0.05) is 20.8 Å². The number of rotatable bonds is 2. The molecule has 0 bridgehead atoms. The summed E-state index contributed by atoms with van der Waals surface area (Å²) in [5, 5.41) is 0. The normalized spacial score (nSPS) is 14.3. The van der Waals surface area contributed by atoms with Crippen molar-refractivity contribution >= 4 is 0 Å². The molecule has 0 aliphatic heterocycles. The molecule has 0 spiro atoms. The van der Waals surface area contributed by atoms with Crippen molar-refractivity contribution in [2.45, 2.75) is 32.9 Å². The highest BCUT2D eigenvalue weighted by atomic mass is 19.4. The molecule has 0 saturated carbocycles.